The zero-order chi connectivity index (χ0) is 28.1. The van der Waals surface area contributed by atoms with Gasteiger partial charge in [-0.3, -0.25) is 4.57 Å². The van der Waals surface area contributed by atoms with Gasteiger partial charge >= 0.3 is 0 Å². The van der Waals surface area contributed by atoms with Crippen LogP contribution in [0, 0.1) is 0 Å². The third-order valence-electron chi connectivity index (χ3n) is 8.60. The van der Waals surface area contributed by atoms with Gasteiger partial charge in [-0.1, -0.05) is 84.9 Å². The number of aromatic nitrogens is 3. The van der Waals surface area contributed by atoms with Crippen molar-refractivity contribution in [3.63, 3.8) is 0 Å². The van der Waals surface area contributed by atoms with E-state index in [1.54, 1.807) is 0 Å². The molecule has 4 aromatic heterocycles. The van der Waals surface area contributed by atoms with E-state index in [9.17, 15) is 0 Å². The largest absolute Gasteiger partial charge is 0.436 e. The summed E-state index contributed by atoms with van der Waals surface area (Å²) in [4.78, 5) is 10.7. The topological polar surface area (TPSA) is 43.9 Å². The molecule has 10 rings (SSSR count). The summed E-state index contributed by atoms with van der Waals surface area (Å²) in [6, 6.07) is 44.9. The molecule has 0 aliphatic carbocycles. The number of para-hydroxylation sites is 2. The van der Waals surface area contributed by atoms with E-state index in [-0.39, 0.29) is 0 Å². The van der Waals surface area contributed by atoms with Crippen molar-refractivity contribution in [3.8, 4) is 17.1 Å². The molecule has 200 valence electrons. The number of nitrogens with zero attached hydrogens (tertiary/aromatic N) is 3. The molecule has 0 radical (unpaired) electrons. The standard InChI is InChI=1S/C38H21N3OS/c1-2-11-23-21-30-28(20-22(23)10-1)24-12-3-6-16-29(24)41(30)37-35(40-38-36(39-37)25-13-4-7-17-31(25)42-38)27-15-9-19-33-34(27)26-14-5-8-18-32(26)43-33/h1-21H. The van der Waals surface area contributed by atoms with Crippen molar-refractivity contribution in [2.45, 2.75) is 0 Å². The molecule has 0 atom stereocenters. The third kappa shape index (κ3) is 3.20. The average Bonchev–Trinajstić information content (AvgIpc) is 3.72. The lowest BCUT2D eigenvalue weighted by Gasteiger charge is -2.13. The van der Waals surface area contributed by atoms with E-state index in [0.29, 0.717) is 5.71 Å². The Balaban J connectivity index is 1.42. The van der Waals surface area contributed by atoms with Gasteiger partial charge in [-0.2, -0.15) is 0 Å². The molecular formula is C38H21N3OS. The minimum Gasteiger partial charge on any atom is -0.436 e. The van der Waals surface area contributed by atoms with Gasteiger partial charge in [-0.25, -0.2) is 9.97 Å². The summed E-state index contributed by atoms with van der Waals surface area (Å²) in [7, 11) is 0. The normalized spacial score (nSPS) is 12.2. The lowest BCUT2D eigenvalue weighted by molar-refractivity contribution is 0.653. The monoisotopic (exact) mass is 567 g/mol. The van der Waals surface area contributed by atoms with Gasteiger partial charge < -0.3 is 4.42 Å². The highest BCUT2D eigenvalue weighted by atomic mass is 32.1. The molecule has 0 saturated carbocycles. The number of fused-ring (bicyclic) bond motifs is 10. The van der Waals surface area contributed by atoms with E-state index in [0.717, 1.165) is 44.6 Å². The predicted octanol–water partition coefficient (Wildman–Crippen LogP) is 10.7. The highest BCUT2D eigenvalue weighted by Crippen LogP contribution is 2.43. The predicted molar refractivity (Wildman–Crippen MR) is 179 cm³/mol. The minimum atomic E-state index is 0.544. The molecule has 0 aliphatic heterocycles. The van der Waals surface area contributed by atoms with Crippen molar-refractivity contribution in [3.05, 3.63) is 127 Å². The summed E-state index contributed by atoms with van der Waals surface area (Å²) in [5.41, 5.74) is 6.14. The molecule has 0 bridgehead atoms. The second-order valence-electron chi connectivity index (χ2n) is 11.0. The van der Waals surface area contributed by atoms with Gasteiger partial charge in [0, 0.05) is 41.9 Å². The molecule has 5 heteroatoms. The smallest absolute Gasteiger partial charge is 0.247 e. The number of thiophene rings is 1. The van der Waals surface area contributed by atoms with Gasteiger partial charge in [-0.05, 0) is 53.2 Å². The molecule has 0 saturated heterocycles. The van der Waals surface area contributed by atoms with E-state index in [2.05, 4.69) is 114 Å². The van der Waals surface area contributed by atoms with Crippen LogP contribution in [0.15, 0.2) is 132 Å². The molecule has 10 aromatic rings. The fourth-order valence-electron chi connectivity index (χ4n) is 6.71. The zero-order valence-corrected chi connectivity index (χ0v) is 23.6. The van der Waals surface area contributed by atoms with Crippen LogP contribution >= 0.6 is 11.3 Å². The summed E-state index contributed by atoms with van der Waals surface area (Å²) in [6.45, 7) is 0. The van der Waals surface area contributed by atoms with Crippen LogP contribution in [-0.2, 0) is 0 Å². The number of hydrogen-bond acceptors (Lipinski definition) is 4. The molecule has 0 N–H and O–H groups in total. The Labute approximate surface area is 249 Å². The fraction of sp³-hybridized carbons (Fsp3) is 0. The molecule has 0 spiro atoms. The van der Waals surface area contributed by atoms with Gasteiger partial charge in [0.1, 0.15) is 16.8 Å². The van der Waals surface area contributed by atoms with Crippen LogP contribution in [-0.4, -0.2) is 14.5 Å². The van der Waals surface area contributed by atoms with Crippen LogP contribution in [0.4, 0.5) is 0 Å². The van der Waals surface area contributed by atoms with Crippen molar-refractivity contribution in [1.82, 2.24) is 14.5 Å². The maximum Gasteiger partial charge on any atom is 0.247 e. The first-order chi connectivity index (χ1) is 21.3. The first-order valence-corrected chi connectivity index (χ1v) is 15.2. The molecule has 0 fully saturated rings. The lowest BCUT2D eigenvalue weighted by Crippen LogP contribution is -2.03. The van der Waals surface area contributed by atoms with Crippen molar-refractivity contribution >= 4 is 86.3 Å². The van der Waals surface area contributed by atoms with E-state index >= 15 is 0 Å². The van der Waals surface area contributed by atoms with Crippen molar-refractivity contribution < 1.29 is 4.42 Å². The van der Waals surface area contributed by atoms with Crippen molar-refractivity contribution in [1.29, 1.82) is 0 Å². The Morgan fingerprint density at radius 2 is 1.28 bits per heavy atom. The molecule has 4 heterocycles. The van der Waals surface area contributed by atoms with E-state index in [4.69, 9.17) is 14.4 Å². The second-order valence-corrected chi connectivity index (χ2v) is 12.1. The summed E-state index contributed by atoms with van der Waals surface area (Å²) < 4.78 is 11.1. The molecule has 0 aliphatic rings. The Hall–Kier alpha value is -5.52. The Morgan fingerprint density at radius 1 is 0.558 bits per heavy atom. The third-order valence-corrected chi connectivity index (χ3v) is 9.74. The number of benzene rings is 6. The number of hydrogen-bond donors (Lipinski definition) is 0. The number of furan rings is 1. The van der Waals surface area contributed by atoms with Gasteiger partial charge in [0.2, 0.25) is 5.71 Å². The first-order valence-electron chi connectivity index (χ1n) is 14.3. The highest BCUT2D eigenvalue weighted by Gasteiger charge is 2.23. The minimum absolute atomic E-state index is 0.544. The quantitative estimate of drug-likeness (QED) is 0.209. The summed E-state index contributed by atoms with van der Waals surface area (Å²) in [5, 5.41) is 8.17. The maximum absolute atomic E-state index is 6.32. The molecule has 6 aromatic carbocycles. The zero-order valence-electron chi connectivity index (χ0n) is 22.8. The maximum atomic E-state index is 6.32. The van der Waals surface area contributed by atoms with Crippen LogP contribution in [0.1, 0.15) is 0 Å². The molecule has 0 unspecified atom stereocenters. The molecule has 4 nitrogen and oxygen atoms in total. The Bertz CT molecular complexity index is 2750. The second kappa shape index (κ2) is 8.51. The summed E-state index contributed by atoms with van der Waals surface area (Å²) in [5.74, 6) is 0.795. The Morgan fingerprint density at radius 3 is 2.19 bits per heavy atom. The molecule has 0 amide bonds. The van der Waals surface area contributed by atoms with Gasteiger partial charge in [0.25, 0.3) is 0 Å². The molecule has 43 heavy (non-hydrogen) atoms. The van der Waals surface area contributed by atoms with E-state index in [1.807, 2.05) is 29.5 Å². The SMILES string of the molecule is c1ccc2cc3c(cc2c1)c1ccccc1n3-c1nc2c(nc1-c1cccc3sc4ccccc4c13)oc1ccccc12. The van der Waals surface area contributed by atoms with Crippen LogP contribution in [0.3, 0.4) is 0 Å². The van der Waals surface area contributed by atoms with Gasteiger partial charge in [0.05, 0.1) is 11.0 Å². The van der Waals surface area contributed by atoms with Crippen LogP contribution in [0.2, 0.25) is 0 Å². The fourth-order valence-corrected chi connectivity index (χ4v) is 7.84. The van der Waals surface area contributed by atoms with Crippen LogP contribution in [0.5, 0.6) is 0 Å². The van der Waals surface area contributed by atoms with Gasteiger partial charge in [0.15, 0.2) is 5.82 Å². The molecular weight excluding hydrogens is 547 g/mol. The summed E-state index contributed by atoms with van der Waals surface area (Å²) >= 11 is 1.81. The van der Waals surface area contributed by atoms with Crippen molar-refractivity contribution in [2.24, 2.45) is 0 Å². The van der Waals surface area contributed by atoms with E-state index in [1.165, 1.54) is 41.7 Å². The van der Waals surface area contributed by atoms with Crippen molar-refractivity contribution in [2.75, 3.05) is 0 Å². The summed E-state index contributed by atoms with van der Waals surface area (Å²) in [6.07, 6.45) is 0. The number of rotatable bonds is 2. The van der Waals surface area contributed by atoms with Crippen LogP contribution in [0.25, 0.3) is 92.0 Å². The average molecular weight is 568 g/mol. The van der Waals surface area contributed by atoms with E-state index < -0.39 is 0 Å². The van der Waals surface area contributed by atoms with Gasteiger partial charge in [-0.15, -0.1) is 11.3 Å². The Kier molecular flexibility index (Phi) is 4.57. The lowest BCUT2D eigenvalue weighted by atomic mass is 10.0. The highest BCUT2D eigenvalue weighted by molar-refractivity contribution is 7.25. The first kappa shape index (κ1) is 23.1. The van der Waals surface area contributed by atoms with Crippen LogP contribution < -0.4 is 0 Å².